The predicted molar refractivity (Wildman–Crippen MR) is 129 cm³/mol. The number of aromatic hydroxyl groups is 2. The van der Waals surface area contributed by atoms with Gasteiger partial charge in [-0.1, -0.05) is 54.6 Å². The molecule has 2 aromatic heterocycles. The van der Waals surface area contributed by atoms with Crippen molar-refractivity contribution < 1.29 is 20.1 Å². The molecule has 0 aliphatic heterocycles. The zero-order chi connectivity index (χ0) is 23.1. The van der Waals surface area contributed by atoms with Crippen LogP contribution in [0.5, 0.6) is 11.5 Å². The predicted octanol–water partition coefficient (Wildman–Crippen LogP) is 5.70. The number of aromatic amines is 1. The number of carboxylic acid groups (broad SMARTS) is 1. The van der Waals surface area contributed by atoms with Gasteiger partial charge in [-0.05, 0) is 34.9 Å². The molecule has 3 aromatic carbocycles. The topological polar surface area (TPSA) is 111 Å². The SMILES string of the molecule is O=C(O)c1ccc(-c2ccc(-c3csc4[nH]c(=O)c(-c5ccccc5)c(O)c34)cc2O)cc1. The molecule has 162 valence electrons. The number of carboxylic acids is 1. The van der Waals surface area contributed by atoms with Crippen LogP contribution in [-0.2, 0) is 0 Å². The van der Waals surface area contributed by atoms with E-state index >= 15 is 0 Å². The number of benzene rings is 3. The van der Waals surface area contributed by atoms with Gasteiger partial charge in [-0.15, -0.1) is 11.3 Å². The molecule has 0 saturated carbocycles. The number of rotatable bonds is 4. The maximum absolute atomic E-state index is 12.6. The number of phenols is 1. The second kappa shape index (κ2) is 7.96. The van der Waals surface area contributed by atoms with Crippen LogP contribution in [-0.4, -0.2) is 26.3 Å². The highest BCUT2D eigenvalue weighted by atomic mass is 32.1. The maximum atomic E-state index is 12.6. The van der Waals surface area contributed by atoms with Gasteiger partial charge < -0.3 is 20.3 Å². The number of phenolic OH excluding ortho intramolecular Hbond substituents is 1. The highest BCUT2D eigenvalue weighted by Gasteiger charge is 2.19. The molecule has 0 saturated heterocycles. The van der Waals surface area contributed by atoms with Crippen LogP contribution in [0.4, 0.5) is 0 Å². The minimum atomic E-state index is -1.02. The quantitative estimate of drug-likeness (QED) is 0.278. The van der Waals surface area contributed by atoms with Crippen LogP contribution in [0, 0.1) is 0 Å². The number of thiophene rings is 1. The Bertz CT molecular complexity index is 1570. The lowest BCUT2D eigenvalue weighted by molar-refractivity contribution is 0.0697. The van der Waals surface area contributed by atoms with Gasteiger partial charge in [0, 0.05) is 16.5 Å². The third kappa shape index (κ3) is 3.54. The van der Waals surface area contributed by atoms with Crippen molar-refractivity contribution in [3.05, 3.63) is 94.1 Å². The fraction of sp³-hybridized carbons (Fsp3) is 0. The van der Waals surface area contributed by atoms with Gasteiger partial charge in [0.15, 0.2) is 0 Å². The number of nitrogens with one attached hydrogen (secondary N) is 1. The Morgan fingerprint density at radius 2 is 1.52 bits per heavy atom. The number of H-pyrrole nitrogens is 1. The summed E-state index contributed by atoms with van der Waals surface area (Å²) >= 11 is 1.30. The molecule has 0 atom stereocenters. The van der Waals surface area contributed by atoms with E-state index in [4.69, 9.17) is 5.11 Å². The number of pyridine rings is 1. The van der Waals surface area contributed by atoms with Crippen LogP contribution in [0.1, 0.15) is 10.4 Å². The first kappa shape index (κ1) is 20.5. The Morgan fingerprint density at radius 3 is 2.18 bits per heavy atom. The smallest absolute Gasteiger partial charge is 0.335 e. The van der Waals surface area contributed by atoms with Crippen LogP contribution >= 0.6 is 11.3 Å². The molecule has 2 heterocycles. The van der Waals surface area contributed by atoms with E-state index in [1.54, 1.807) is 48.5 Å². The Balaban J connectivity index is 1.62. The first-order valence-corrected chi connectivity index (χ1v) is 10.9. The van der Waals surface area contributed by atoms with Crippen molar-refractivity contribution >= 4 is 27.5 Å². The Hall–Kier alpha value is -4.36. The molecule has 0 aliphatic rings. The van der Waals surface area contributed by atoms with Crippen molar-refractivity contribution in [3.8, 4) is 44.9 Å². The second-order valence-electron chi connectivity index (χ2n) is 7.51. The van der Waals surface area contributed by atoms with Crippen LogP contribution in [0.3, 0.4) is 0 Å². The third-order valence-electron chi connectivity index (χ3n) is 5.53. The van der Waals surface area contributed by atoms with E-state index in [1.165, 1.54) is 23.5 Å². The van der Waals surface area contributed by atoms with Crippen molar-refractivity contribution in [2.75, 3.05) is 0 Å². The van der Waals surface area contributed by atoms with Gasteiger partial charge in [0.05, 0.1) is 16.5 Å². The number of aromatic carboxylic acids is 1. The fourth-order valence-corrected chi connectivity index (χ4v) is 4.87. The Kier molecular flexibility index (Phi) is 4.95. The lowest BCUT2D eigenvalue weighted by atomic mass is 9.97. The van der Waals surface area contributed by atoms with Crippen LogP contribution in [0.25, 0.3) is 43.6 Å². The van der Waals surface area contributed by atoms with Crippen LogP contribution in [0.15, 0.2) is 83.0 Å². The average molecular weight is 455 g/mol. The summed E-state index contributed by atoms with van der Waals surface area (Å²) in [5, 5.41) is 33.2. The van der Waals surface area contributed by atoms with Gasteiger partial charge in [0.2, 0.25) is 0 Å². The van der Waals surface area contributed by atoms with Crippen molar-refractivity contribution in [2.24, 2.45) is 0 Å². The summed E-state index contributed by atoms with van der Waals surface area (Å²) in [5.41, 5.74) is 3.19. The molecule has 0 radical (unpaired) electrons. The van der Waals surface area contributed by atoms with E-state index < -0.39 is 5.97 Å². The number of fused-ring (bicyclic) bond motifs is 1. The lowest BCUT2D eigenvalue weighted by Crippen LogP contribution is -2.08. The summed E-state index contributed by atoms with van der Waals surface area (Å²) in [6, 6.07) is 20.3. The highest BCUT2D eigenvalue weighted by Crippen LogP contribution is 2.43. The Morgan fingerprint density at radius 1 is 0.818 bits per heavy atom. The van der Waals surface area contributed by atoms with Gasteiger partial charge in [0.25, 0.3) is 5.56 Å². The number of hydrogen-bond donors (Lipinski definition) is 4. The standard InChI is InChI=1S/C26H17NO5S/c28-20-12-17(10-11-18(20)14-6-8-16(9-7-14)26(31)32)19-13-33-25-22(19)23(29)21(24(30)27-25)15-4-2-1-3-5-15/h1-13,28H,(H,31,32)(H2,27,29,30). The number of aromatic nitrogens is 1. The zero-order valence-electron chi connectivity index (χ0n) is 17.1. The van der Waals surface area contributed by atoms with E-state index in [-0.39, 0.29) is 28.2 Å². The molecular formula is C26H17NO5S. The molecule has 0 aliphatic carbocycles. The maximum Gasteiger partial charge on any atom is 0.335 e. The molecule has 0 unspecified atom stereocenters. The molecule has 0 spiro atoms. The average Bonchev–Trinajstić information content (AvgIpc) is 3.24. The molecule has 33 heavy (non-hydrogen) atoms. The summed E-state index contributed by atoms with van der Waals surface area (Å²) in [7, 11) is 0. The third-order valence-corrected chi connectivity index (χ3v) is 6.43. The minimum Gasteiger partial charge on any atom is -0.507 e. The molecule has 0 fully saturated rings. The van der Waals surface area contributed by atoms with E-state index in [0.29, 0.717) is 38.0 Å². The first-order valence-electron chi connectivity index (χ1n) is 10.0. The first-order chi connectivity index (χ1) is 15.9. The molecule has 6 nitrogen and oxygen atoms in total. The van der Waals surface area contributed by atoms with E-state index in [0.717, 1.165) is 0 Å². The summed E-state index contributed by atoms with van der Waals surface area (Å²) < 4.78 is 0. The van der Waals surface area contributed by atoms with E-state index in [9.17, 15) is 19.8 Å². The zero-order valence-corrected chi connectivity index (χ0v) is 17.9. The fourth-order valence-electron chi connectivity index (χ4n) is 3.90. The van der Waals surface area contributed by atoms with Gasteiger partial charge in [-0.2, -0.15) is 0 Å². The number of carbonyl (C=O) groups is 1. The molecule has 0 amide bonds. The lowest BCUT2D eigenvalue weighted by Gasteiger charge is -2.10. The molecule has 7 heteroatoms. The second-order valence-corrected chi connectivity index (χ2v) is 8.39. The molecule has 5 aromatic rings. The number of hydrogen-bond acceptors (Lipinski definition) is 5. The van der Waals surface area contributed by atoms with Crippen molar-refractivity contribution in [2.45, 2.75) is 0 Å². The molecule has 0 bridgehead atoms. The monoisotopic (exact) mass is 455 g/mol. The van der Waals surface area contributed by atoms with Crippen molar-refractivity contribution in [3.63, 3.8) is 0 Å². The van der Waals surface area contributed by atoms with Gasteiger partial charge in [0.1, 0.15) is 16.3 Å². The molecule has 4 N–H and O–H groups in total. The van der Waals surface area contributed by atoms with Crippen LogP contribution in [0.2, 0.25) is 0 Å². The van der Waals surface area contributed by atoms with Crippen molar-refractivity contribution in [1.29, 1.82) is 0 Å². The van der Waals surface area contributed by atoms with E-state index in [1.807, 2.05) is 17.5 Å². The Labute approximate surface area is 191 Å². The van der Waals surface area contributed by atoms with Crippen molar-refractivity contribution in [1.82, 2.24) is 4.98 Å². The normalized spacial score (nSPS) is 11.0. The van der Waals surface area contributed by atoms with Crippen LogP contribution < -0.4 is 5.56 Å². The van der Waals surface area contributed by atoms with E-state index in [2.05, 4.69) is 4.98 Å². The molecule has 5 rings (SSSR count). The summed E-state index contributed by atoms with van der Waals surface area (Å²) in [6.07, 6.45) is 0. The summed E-state index contributed by atoms with van der Waals surface area (Å²) in [5.74, 6) is -1.11. The molecular weight excluding hydrogens is 438 g/mol. The van der Waals surface area contributed by atoms with Gasteiger partial charge >= 0.3 is 5.97 Å². The summed E-state index contributed by atoms with van der Waals surface area (Å²) in [6.45, 7) is 0. The minimum absolute atomic E-state index is 0.0159. The highest BCUT2D eigenvalue weighted by molar-refractivity contribution is 7.17. The van der Waals surface area contributed by atoms with Gasteiger partial charge in [-0.3, -0.25) is 4.79 Å². The largest absolute Gasteiger partial charge is 0.507 e. The summed E-state index contributed by atoms with van der Waals surface area (Å²) in [4.78, 5) is 27.1. The van der Waals surface area contributed by atoms with Gasteiger partial charge in [-0.25, -0.2) is 4.79 Å².